The first kappa shape index (κ1) is 41.3. The highest BCUT2D eigenvalue weighted by Gasteiger charge is 2.15. The Kier molecular flexibility index (Phi) is 31.2. The molecule has 0 aliphatic carbocycles. The highest BCUT2D eigenvalue weighted by atomic mass is 16.6. The second-order valence-electron chi connectivity index (χ2n) is 11.1. The molecule has 44 heavy (non-hydrogen) atoms. The van der Waals surface area contributed by atoms with Crippen LogP contribution in [0.4, 0.5) is 0 Å². The fourth-order valence-electron chi connectivity index (χ4n) is 4.25. The summed E-state index contributed by atoms with van der Waals surface area (Å²) in [5, 5.41) is 19.6. The number of aliphatic hydroxyl groups excluding tert-OH is 2. The van der Waals surface area contributed by atoms with E-state index >= 15 is 0 Å². The lowest BCUT2D eigenvalue weighted by Crippen LogP contribution is -2.28. The van der Waals surface area contributed by atoms with Crippen molar-refractivity contribution < 1.29 is 29.3 Å². The lowest BCUT2D eigenvalue weighted by Gasteiger charge is -2.15. The Bertz CT molecular complexity index is 851. The van der Waals surface area contributed by atoms with Crippen molar-refractivity contribution in [2.75, 3.05) is 13.2 Å². The maximum absolute atomic E-state index is 12.1. The third-order valence-corrected chi connectivity index (χ3v) is 6.86. The minimum atomic E-state index is -0.853. The van der Waals surface area contributed by atoms with Gasteiger partial charge in [-0.1, -0.05) is 145 Å². The lowest BCUT2D eigenvalue weighted by atomic mass is 10.1. The van der Waals surface area contributed by atoms with Gasteiger partial charge in [0, 0.05) is 12.8 Å². The molecule has 1 unspecified atom stereocenters. The van der Waals surface area contributed by atoms with Gasteiger partial charge >= 0.3 is 11.9 Å². The van der Waals surface area contributed by atoms with Crippen LogP contribution in [0, 0.1) is 0 Å². The summed E-state index contributed by atoms with van der Waals surface area (Å²) in [6, 6.07) is 0. The third-order valence-electron chi connectivity index (χ3n) is 6.86. The standard InChI is InChI=1S/C38H62O6/c1-3-5-7-9-11-13-15-16-17-18-20-22-25-29-35(40)30-26-24-28-32-38(42)44-36(33-39)34-43-37(41)31-27-23-21-19-14-12-10-8-6-4-2/h5,7,11,13,16-17,20,22,24-26,29,35-36,39-40H,3-4,6,8-10,12,14-15,18-19,21,23,27-28,30-34H2,1-2H3/b7-5-,13-11-,17-16-,22-20-,26-24-,29-25-/t35?,36-/m0/s1. The summed E-state index contributed by atoms with van der Waals surface area (Å²) in [6.45, 7) is 3.83. The van der Waals surface area contributed by atoms with Crippen LogP contribution in [-0.2, 0) is 19.1 Å². The van der Waals surface area contributed by atoms with Gasteiger partial charge in [0.1, 0.15) is 6.61 Å². The van der Waals surface area contributed by atoms with Gasteiger partial charge in [-0.3, -0.25) is 9.59 Å². The number of carbonyl (C=O) groups excluding carboxylic acids is 2. The number of allylic oxidation sites excluding steroid dienone is 10. The zero-order valence-corrected chi connectivity index (χ0v) is 27.8. The van der Waals surface area contributed by atoms with Crippen molar-refractivity contribution in [1.82, 2.24) is 0 Å². The van der Waals surface area contributed by atoms with Crippen molar-refractivity contribution in [2.24, 2.45) is 0 Å². The minimum Gasteiger partial charge on any atom is -0.462 e. The molecule has 0 aromatic carbocycles. The van der Waals surface area contributed by atoms with Gasteiger partial charge in [-0.15, -0.1) is 0 Å². The van der Waals surface area contributed by atoms with E-state index in [-0.39, 0.29) is 19.0 Å². The van der Waals surface area contributed by atoms with E-state index in [9.17, 15) is 19.8 Å². The first-order chi connectivity index (χ1) is 21.5. The fraction of sp³-hybridized carbons (Fsp3) is 0.632. The Morgan fingerprint density at radius 1 is 0.659 bits per heavy atom. The molecule has 2 atom stereocenters. The molecule has 6 heteroatoms. The molecule has 0 aromatic rings. The Morgan fingerprint density at radius 3 is 1.86 bits per heavy atom. The Hall–Kier alpha value is -2.70. The second kappa shape index (κ2) is 33.2. The van der Waals surface area contributed by atoms with E-state index in [0.717, 1.165) is 44.9 Å². The summed E-state index contributed by atoms with van der Waals surface area (Å²) in [5.41, 5.74) is 0. The van der Waals surface area contributed by atoms with E-state index in [1.54, 1.807) is 6.08 Å². The number of carbonyl (C=O) groups is 2. The molecule has 0 saturated heterocycles. The van der Waals surface area contributed by atoms with Crippen LogP contribution in [-0.4, -0.2) is 47.6 Å². The van der Waals surface area contributed by atoms with Crippen molar-refractivity contribution in [3.05, 3.63) is 72.9 Å². The number of rotatable bonds is 29. The second-order valence-corrected chi connectivity index (χ2v) is 11.1. The summed E-state index contributed by atoms with van der Waals surface area (Å²) in [5.74, 6) is -0.782. The van der Waals surface area contributed by atoms with E-state index < -0.39 is 24.8 Å². The predicted molar refractivity (Wildman–Crippen MR) is 183 cm³/mol. The number of unbranched alkanes of at least 4 members (excludes halogenated alkanes) is 9. The van der Waals surface area contributed by atoms with Gasteiger partial charge in [0.05, 0.1) is 12.7 Å². The number of esters is 2. The van der Waals surface area contributed by atoms with Crippen LogP contribution < -0.4 is 0 Å². The molecule has 0 radical (unpaired) electrons. The quantitative estimate of drug-likeness (QED) is 0.0378. The van der Waals surface area contributed by atoms with E-state index in [0.29, 0.717) is 19.3 Å². The summed E-state index contributed by atoms with van der Waals surface area (Å²) >= 11 is 0. The SMILES string of the molecule is CC/C=C\C/C=C\C/C=C\C/C=C\C=C/C(O)C/C=C\CCC(=O)O[C@@H](CO)COC(=O)CCCCCCCCCCCC. The molecule has 0 fully saturated rings. The molecule has 0 aromatic heterocycles. The maximum Gasteiger partial charge on any atom is 0.306 e. The van der Waals surface area contributed by atoms with Crippen molar-refractivity contribution in [3.8, 4) is 0 Å². The van der Waals surface area contributed by atoms with E-state index in [2.05, 4.69) is 50.3 Å². The zero-order chi connectivity index (χ0) is 32.4. The molecular weight excluding hydrogens is 552 g/mol. The smallest absolute Gasteiger partial charge is 0.306 e. The minimum absolute atomic E-state index is 0.132. The molecule has 0 spiro atoms. The third kappa shape index (κ3) is 30.7. The molecule has 0 bridgehead atoms. The molecule has 0 aliphatic rings. The largest absolute Gasteiger partial charge is 0.462 e. The van der Waals surface area contributed by atoms with Gasteiger partial charge in [0.15, 0.2) is 6.10 Å². The highest BCUT2D eigenvalue weighted by Crippen LogP contribution is 2.12. The average Bonchev–Trinajstić information content (AvgIpc) is 3.02. The van der Waals surface area contributed by atoms with Crippen LogP contribution in [0.5, 0.6) is 0 Å². The maximum atomic E-state index is 12.1. The highest BCUT2D eigenvalue weighted by molar-refractivity contribution is 5.70. The van der Waals surface area contributed by atoms with Crippen LogP contribution in [0.25, 0.3) is 0 Å². The molecule has 0 amide bonds. The van der Waals surface area contributed by atoms with Crippen molar-refractivity contribution in [2.45, 2.75) is 142 Å². The first-order valence-corrected chi connectivity index (χ1v) is 17.1. The summed E-state index contributed by atoms with van der Waals surface area (Å²) in [6.07, 6.45) is 39.9. The fourth-order valence-corrected chi connectivity index (χ4v) is 4.25. The van der Waals surface area contributed by atoms with Crippen LogP contribution >= 0.6 is 0 Å². The van der Waals surface area contributed by atoms with Gasteiger partial charge in [0.2, 0.25) is 0 Å². The summed E-state index contributed by atoms with van der Waals surface area (Å²) in [4.78, 5) is 24.1. The summed E-state index contributed by atoms with van der Waals surface area (Å²) in [7, 11) is 0. The van der Waals surface area contributed by atoms with E-state index in [4.69, 9.17) is 9.47 Å². The number of hydrogen-bond acceptors (Lipinski definition) is 6. The Balaban J connectivity index is 3.89. The lowest BCUT2D eigenvalue weighted by molar-refractivity contribution is -0.161. The zero-order valence-electron chi connectivity index (χ0n) is 27.8. The molecule has 0 rings (SSSR count). The molecule has 6 nitrogen and oxygen atoms in total. The Labute approximate surface area is 268 Å². The van der Waals surface area contributed by atoms with Crippen LogP contribution in [0.3, 0.4) is 0 Å². The molecular formula is C38H62O6. The normalized spacial score (nSPS) is 13.8. The van der Waals surface area contributed by atoms with Crippen molar-refractivity contribution in [3.63, 3.8) is 0 Å². The van der Waals surface area contributed by atoms with Crippen molar-refractivity contribution >= 4 is 11.9 Å². The van der Waals surface area contributed by atoms with Gasteiger partial charge < -0.3 is 19.7 Å². The van der Waals surface area contributed by atoms with Crippen LogP contribution in [0.1, 0.15) is 129 Å². The molecule has 2 N–H and O–H groups in total. The topological polar surface area (TPSA) is 93.1 Å². The van der Waals surface area contributed by atoms with Crippen LogP contribution in [0.15, 0.2) is 72.9 Å². The number of hydrogen-bond donors (Lipinski definition) is 2. The number of aliphatic hydroxyl groups is 2. The Morgan fingerprint density at radius 2 is 1.25 bits per heavy atom. The monoisotopic (exact) mass is 614 g/mol. The van der Waals surface area contributed by atoms with Crippen LogP contribution in [0.2, 0.25) is 0 Å². The summed E-state index contributed by atoms with van der Waals surface area (Å²) < 4.78 is 10.4. The van der Waals surface area contributed by atoms with E-state index in [1.165, 1.54) is 44.9 Å². The predicted octanol–water partition coefficient (Wildman–Crippen LogP) is 9.19. The first-order valence-electron chi connectivity index (χ1n) is 17.1. The van der Waals surface area contributed by atoms with Gasteiger partial charge in [-0.2, -0.15) is 0 Å². The van der Waals surface area contributed by atoms with Crippen molar-refractivity contribution in [1.29, 1.82) is 0 Å². The van der Waals surface area contributed by atoms with Gasteiger partial charge in [-0.05, 0) is 44.9 Å². The molecule has 0 heterocycles. The molecule has 0 aliphatic heterocycles. The number of ether oxygens (including phenoxy) is 2. The van der Waals surface area contributed by atoms with Gasteiger partial charge in [0.25, 0.3) is 0 Å². The average molecular weight is 615 g/mol. The molecule has 0 saturated carbocycles. The van der Waals surface area contributed by atoms with E-state index in [1.807, 2.05) is 30.4 Å². The van der Waals surface area contributed by atoms with Gasteiger partial charge in [-0.25, -0.2) is 0 Å². The molecule has 250 valence electrons.